The number of likely N-dealkylation sites (tertiary alicyclic amines) is 1. The molecular formula is C15H20N2O3S. The van der Waals surface area contributed by atoms with Gasteiger partial charge in [-0.2, -0.15) is 0 Å². The molecule has 1 aliphatic rings. The van der Waals surface area contributed by atoms with Crippen LogP contribution in [0.4, 0.5) is 0 Å². The number of carbonyl (C=O) groups is 2. The van der Waals surface area contributed by atoms with Crippen LogP contribution in [0.2, 0.25) is 0 Å². The Balaban J connectivity index is 1.87. The van der Waals surface area contributed by atoms with Crippen LogP contribution in [-0.2, 0) is 4.79 Å². The molecule has 1 aromatic rings. The average molecular weight is 308 g/mol. The zero-order valence-corrected chi connectivity index (χ0v) is 12.9. The van der Waals surface area contributed by atoms with Crippen molar-refractivity contribution in [2.75, 3.05) is 33.2 Å². The van der Waals surface area contributed by atoms with Crippen molar-refractivity contribution in [2.45, 2.75) is 12.8 Å². The molecule has 114 valence electrons. The highest BCUT2D eigenvalue weighted by molar-refractivity contribution is 7.14. The summed E-state index contributed by atoms with van der Waals surface area (Å²) in [5.41, 5.74) is 0. The largest absolute Gasteiger partial charge is 0.478 e. The number of hydrogen-bond donors (Lipinski definition) is 1. The van der Waals surface area contributed by atoms with Crippen LogP contribution < -0.4 is 0 Å². The summed E-state index contributed by atoms with van der Waals surface area (Å²) in [4.78, 5) is 28.3. The first-order valence-corrected chi connectivity index (χ1v) is 7.86. The molecule has 1 amide bonds. The smallest absolute Gasteiger partial charge is 0.328 e. The molecule has 0 spiro atoms. The molecule has 0 saturated carbocycles. The summed E-state index contributed by atoms with van der Waals surface area (Å²) in [5, 5.41) is 8.59. The Morgan fingerprint density at radius 2 is 2.10 bits per heavy atom. The van der Waals surface area contributed by atoms with Crippen LogP contribution in [0.1, 0.15) is 27.4 Å². The third kappa shape index (κ3) is 4.68. The quantitative estimate of drug-likeness (QED) is 0.817. The minimum absolute atomic E-state index is 0.00540. The zero-order valence-electron chi connectivity index (χ0n) is 12.1. The molecule has 6 heteroatoms. The van der Waals surface area contributed by atoms with Crippen molar-refractivity contribution in [3.8, 4) is 0 Å². The van der Waals surface area contributed by atoms with Crippen molar-refractivity contribution in [1.82, 2.24) is 9.80 Å². The van der Waals surface area contributed by atoms with E-state index in [9.17, 15) is 9.59 Å². The van der Waals surface area contributed by atoms with E-state index in [0.717, 1.165) is 37.1 Å². The molecule has 21 heavy (non-hydrogen) atoms. The number of aliphatic carboxylic acids is 1. The topological polar surface area (TPSA) is 60.9 Å². The van der Waals surface area contributed by atoms with Crippen LogP contribution in [0.3, 0.4) is 0 Å². The molecule has 2 heterocycles. The fourth-order valence-corrected chi connectivity index (χ4v) is 3.20. The van der Waals surface area contributed by atoms with Crippen molar-refractivity contribution < 1.29 is 14.7 Å². The van der Waals surface area contributed by atoms with Gasteiger partial charge in [-0.3, -0.25) is 4.79 Å². The monoisotopic (exact) mass is 308 g/mol. The lowest BCUT2D eigenvalue weighted by Gasteiger charge is -2.21. The summed E-state index contributed by atoms with van der Waals surface area (Å²) < 4.78 is 0. The van der Waals surface area contributed by atoms with Gasteiger partial charge in [0.1, 0.15) is 0 Å². The molecule has 2 rings (SSSR count). The molecule has 0 unspecified atom stereocenters. The maximum Gasteiger partial charge on any atom is 0.328 e. The summed E-state index contributed by atoms with van der Waals surface area (Å²) in [6.45, 7) is 3.90. The van der Waals surface area contributed by atoms with Gasteiger partial charge in [0.25, 0.3) is 5.91 Å². The van der Waals surface area contributed by atoms with E-state index in [4.69, 9.17) is 5.11 Å². The Kier molecular flexibility index (Phi) is 5.52. The molecule has 1 saturated heterocycles. The maximum atomic E-state index is 12.3. The number of amides is 1. The lowest BCUT2D eigenvalue weighted by atomic mass is 10.3. The van der Waals surface area contributed by atoms with Crippen LogP contribution in [-0.4, -0.2) is 60.0 Å². The first-order valence-electron chi connectivity index (χ1n) is 7.05. The van der Waals surface area contributed by atoms with Crippen molar-refractivity contribution in [3.05, 3.63) is 28.0 Å². The SMILES string of the molecule is CN(CCN1CCCC1)C(=O)c1ccc(C=CC(=O)O)s1. The van der Waals surface area contributed by atoms with Gasteiger partial charge in [-0.05, 0) is 44.1 Å². The van der Waals surface area contributed by atoms with E-state index in [1.807, 2.05) is 7.05 Å². The standard InChI is InChI=1S/C15H20N2O3S/c1-16(10-11-17-8-2-3-9-17)15(20)13-6-4-12(21-13)5-7-14(18)19/h4-7H,2-3,8-11H2,1H3,(H,18,19). The summed E-state index contributed by atoms with van der Waals surface area (Å²) in [5.74, 6) is -0.992. The van der Waals surface area contributed by atoms with E-state index in [2.05, 4.69) is 4.90 Å². The molecule has 5 nitrogen and oxygen atoms in total. The van der Waals surface area contributed by atoms with Gasteiger partial charge in [-0.15, -0.1) is 11.3 Å². The molecule has 1 fully saturated rings. The summed E-state index contributed by atoms with van der Waals surface area (Å²) in [6, 6.07) is 3.52. The van der Waals surface area contributed by atoms with Crippen LogP contribution in [0, 0.1) is 0 Å². The number of thiophene rings is 1. The lowest BCUT2D eigenvalue weighted by molar-refractivity contribution is -0.131. The first kappa shape index (κ1) is 15.7. The number of rotatable bonds is 6. The molecular weight excluding hydrogens is 288 g/mol. The Labute approximate surface area is 128 Å². The van der Waals surface area contributed by atoms with Gasteiger partial charge >= 0.3 is 5.97 Å². The zero-order chi connectivity index (χ0) is 15.2. The Hall–Kier alpha value is -1.66. The van der Waals surface area contributed by atoms with Crippen LogP contribution in [0.15, 0.2) is 18.2 Å². The third-order valence-electron chi connectivity index (χ3n) is 3.52. The molecule has 1 aliphatic heterocycles. The second-order valence-corrected chi connectivity index (χ2v) is 6.26. The Morgan fingerprint density at radius 3 is 2.76 bits per heavy atom. The molecule has 0 bridgehead atoms. The molecule has 1 N–H and O–H groups in total. The second-order valence-electron chi connectivity index (χ2n) is 5.15. The number of nitrogens with zero attached hydrogens (tertiary/aromatic N) is 2. The van der Waals surface area contributed by atoms with Gasteiger partial charge in [0.15, 0.2) is 0 Å². The predicted molar refractivity (Wildman–Crippen MR) is 83.6 cm³/mol. The Bertz CT molecular complexity index is 533. The highest BCUT2D eigenvalue weighted by Gasteiger charge is 2.16. The molecule has 0 atom stereocenters. The fraction of sp³-hybridized carbons (Fsp3) is 0.467. The highest BCUT2D eigenvalue weighted by atomic mass is 32.1. The predicted octanol–water partition coefficient (Wildman–Crippen LogP) is 2.01. The van der Waals surface area contributed by atoms with Crippen molar-refractivity contribution in [1.29, 1.82) is 0 Å². The van der Waals surface area contributed by atoms with E-state index in [1.54, 1.807) is 17.0 Å². The van der Waals surface area contributed by atoms with E-state index in [-0.39, 0.29) is 5.91 Å². The number of carboxylic acid groups (broad SMARTS) is 1. The molecule has 0 aliphatic carbocycles. The fourth-order valence-electron chi connectivity index (χ4n) is 2.30. The summed E-state index contributed by atoms with van der Waals surface area (Å²) in [7, 11) is 1.81. The maximum absolute atomic E-state index is 12.3. The highest BCUT2D eigenvalue weighted by Crippen LogP contribution is 2.19. The number of hydrogen-bond acceptors (Lipinski definition) is 4. The first-order chi connectivity index (χ1) is 10.1. The average Bonchev–Trinajstić information content (AvgIpc) is 3.12. The summed E-state index contributed by atoms with van der Waals surface area (Å²) >= 11 is 1.31. The van der Waals surface area contributed by atoms with Gasteiger partial charge < -0.3 is 14.9 Å². The second kappa shape index (κ2) is 7.38. The van der Waals surface area contributed by atoms with Gasteiger partial charge in [0, 0.05) is 31.1 Å². The van der Waals surface area contributed by atoms with E-state index in [0.29, 0.717) is 4.88 Å². The molecule has 0 radical (unpaired) electrons. The van der Waals surface area contributed by atoms with E-state index < -0.39 is 5.97 Å². The molecule has 1 aromatic heterocycles. The van der Waals surface area contributed by atoms with Crippen LogP contribution in [0.5, 0.6) is 0 Å². The number of likely N-dealkylation sites (N-methyl/N-ethyl adjacent to an activating group) is 1. The minimum atomic E-state index is -0.987. The lowest BCUT2D eigenvalue weighted by Crippen LogP contribution is -2.34. The molecule has 0 aromatic carbocycles. The van der Waals surface area contributed by atoms with Crippen molar-refractivity contribution in [2.24, 2.45) is 0 Å². The van der Waals surface area contributed by atoms with Crippen LogP contribution >= 0.6 is 11.3 Å². The van der Waals surface area contributed by atoms with Crippen LogP contribution in [0.25, 0.3) is 6.08 Å². The number of carbonyl (C=O) groups excluding carboxylic acids is 1. The van der Waals surface area contributed by atoms with Gasteiger partial charge in [-0.1, -0.05) is 0 Å². The Morgan fingerprint density at radius 1 is 1.38 bits per heavy atom. The van der Waals surface area contributed by atoms with E-state index >= 15 is 0 Å². The minimum Gasteiger partial charge on any atom is -0.478 e. The van der Waals surface area contributed by atoms with Crippen molar-refractivity contribution in [3.63, 3.8) is 0 Å². The van der Waals surface area contributed by atoms with Gasteiger partial charge in [-0.25, -0.2) is 4.79 Å². The third-order valence-corrected chi connectivity index (χ3v) is 4.56. The van der Waals surface area contributed by atoms with Gasteiger partial charge in [0.2, 0.25) is 0 Å². The van der Waals surface area contributed by atoms with Crippen molar-refractivity contribution >= 4 is 29.3 Å². The summed E-state index contributed by atoms with van der Waals surface area (Å²) in [6.07, 6.45) is 5.09. The number of carboxylic acids is 1. The van der Waals surface area contributed by atoms with Gasteiger partial charge in [0.05, 0.1) is 4.88 Å². The normalized spacial score (nSPS) is 15.7. The van der Waals surface area contributed by atoms with E-state index in [1.165, 1.54) is 30.3 Å².